The second-order valence-electron chi connectivity index (χ2n) is 8.81. The van der Waals surface area contributed by atoms with Crippen molar-refractivity contribution in [3.8, 4) is 0 Å². The quantitative estimate of drug-likeness (QED) is 0.312. The summed E-state index contributed by atoms with van der Waals surface area (Å²) >= 11 is 0. The van der Waals surface area contributed by atoms with Gasteiger partial charge < -0.3 is 9.47 Å². The van der Waals surface area contributed by atoms with Crippen LogP contribution in [0.3, 0.4) is 0 Å². The molecule has 0 heterocycles. The molecular weight excluding hydrogens is 444 g/mol. The molecule has 0 radical (unpaired) electrons. The van der Waals surface area contributed by atoms with Gasteiger partial charge in [-0.3, -0.25) is 20.2 Å². The Hall–Kier alpha value is -3.82. The van der Waals surface area contributed by atoms with Crippen molar-refractivity contribution in [1.29, 1.82) is 0 Å². The standard InChI is InChI=1S/C24H24N2O8/c27-23(17-5-9-19(10-6-17)25(29)30)33-13-21-15-1-2-16(4-3-15)22(21)14-34-24(28)18-7-11-20(12-8-18)26(31)32/h5-12,15-16,21-22H,1-4,13-14H2/t15?,16?,21-,22-/m0/s1. The summed E-state index contributed by atoms with van der Waals surface area (Å²) in [4.78, 5) is 45.5. The minimum absolute atomic E-state index is 0.0548. The molecule has 0 N–H and O–H groups in total. The number of rotatable bonds is 8. The lowest BCUT2D eigenvalue weighted by atomic mass is 9.59. The molecular formula is C24H24N2O8. The van der Waals surface area contributed by atoms with E-state index in [1.807, 2.05) is 0 Å². The minimum atomic E-state index is -0.544. The molecule has 0 aliphatic heterocycles. The van der Waals surface area contributed by atoms with Crippen LogP contribution < -0.4 is 0 Å². The van der Waals surface area contributed by atoms with Gasteiger partial charge in [0.2, 0.25) is 0 Å². The summed E-state index contributed by atoms with van der Waals surface area (Å²) in [5.41, 5.74) is 0.285. The number of benzene rings is 2. The van der Waals surface area contributed by atoms with E-state index in [9.17, 15) is 29.8 Å². The number of carbonyl (C=O) groups is 2. The molecule has 3 saturated carbocycles. The second-order valence-corrected chi connectivity index (χ2v) is 8.81. The van der Waals surface area contributed by atoms with Crippen LogP contribution in [0.15, 0.2) is 48.5 Å². The van der Waals surface area contributed by atoms with Crippen LogP contribution in [0, 0.1) is 43.9 Å². The molecule has 178 valence electrons. The zero-order chi connectivity index (χ0) is 24.2. The third-order valence-electron chi connectivity index (χ3n) is 7.02. The molecule has 2 aromatic carbocycles. The average Bonchev–Trinajstić information content (AvgIpc) is 2.86. The van der Waals surface area contributed by atoms with E-state index in [2.05, 4.69) is 0 Å². The molecule has 3 aliphatic rings. The van der Waals surface area contributed by atoms with Gasteiger partial charge in [-0.2, -0.15) is 0 Å². The summed E-state index contributed by atoms with van der Waals surface area (Å²) in [5.74, 6) is -0.232. The van der Waals surface area contributed by atoms with E-state index in [-0.39, 0.29) is 47.6 Å². The SMILES string of the molecule is O=C(OC[C@H]1C2CCC(CC2)[C@@H]1COC(=O)c1ccc([N+](=O)[O-])cc1)c1ccc([N+](=O)[O-])cc1. The molecule has 0 spiro atoms. The summed E-state index contributed by atoms with van der Waals surface area (Å²) in [5, 5.41) is 21.6. The van der Waals surface area contributed by atoms with E-state index >= 15 is 0 Å². The van der Waals surface area contributed by atoms with Crippen molar-refractivity contribution in [2.24, 2.45) is 23.7 Å². The van der Waals surface area contributed by atoms with Gasteiger partial charge in [-0.1, -0.05) is 0 Å². The largest absolute Gasteiger partial charge is 0.462 e. The van der Waals surface area contributed by atoms with Crippen molar-refractivity contribution in [3.63, 3.8) is 0 Å². The number of fused-ring (bicyclic) bond motifs is 3. The van der Waals surface area contributed by atoms with Crippen LogP contribution in [-0.4, -0.2) is 35.0 Å². The Morgan fingerprint density at radius 1 is 0.676 bits per heavy atom. The summed E-state index contributed by atoms with van der Waals surface area (Å²) < 4.78 is 11.1. The van der Waals surface area contributed by atoms with E-state index in [4.69, 9.17) is 9.47 Å². The molecule has 10 nitrogen and oxygen atoms in total. The second kappa shape index (κ2) is 9.98. The Labute approximate surface area is 195 Å². The molecule has 5 rings (SSSR count). The normalized spacial score (nSPS) is 23.2. The first kappa shape index (κ1) is 23.3. The maximum Gasteiger partial charge on any atom is 0.338 e. The van der Waals surface area contributed by atoms with E-state index in [1.54, 1.807) is 0 Å². The van der Waals surface area contributed by atoms with Crippen LogP contribution in [0.25, 0.3) is 0 Å². The minimum Gasteiger partial charge on any atom is -0.462 e. The maximum atomic E-state index is 12.5. The fourth-order valence-electron chi connectivity index (χ4n) is 5.17. The smallest absolute Gasteiger partial charge is 0.338 e. The molecule has 2 aromatic rings. The number of ether oxygens (including phenoxy) is 2. The monoisotopic (exact) mass is 468 g/mol. The van der Waals surface area contributed by atoms with E-state index in [1.165, 1.54) is 48.5 Å². The van der Waals surface area contributed by atoms with E-state index in [0.29, 0.717) is 11.8 Å². The molecule has 2 atom stereocenters. The highest BCUT2D eigenvalue weighted by atomic mass is 16.6. The molecule has 3 fully saturated rings. The first-order valence-electron chi connectivity index (χ1n) is 11.2. The molecule has 3 aliphatic carbocycles. The predicted molar refractivity (Wildman–Crippen MR) is 119 cm³/mol. The summed E-state index contributed by atoms with van der Waals surface area (Å²) in [6.07, 6.45) is 4.16. The first-order valence-corrected chi connectivity index (χ1v) is 11.2. The van der Waals surface area contributed by atoms with Gasteiger partial charge >= 0.3 is 11.9 Å². The number of carbonyl (C=O) groups excluding carboxylic acids is 2. The summed E-state index contributed by atoms with van der Waals surface area (Å²) in [6, 6.07) is 10.5. The van der Waals surface area contributed by atoms with Crippen LogP contribution in [0.2, 0.25) is 0 Å². The van der Waals surface area contributed by atoms with Gasteiger partial charge in [0.1, 0.15) is 0 Å². The van der Waals surface area contributed by atoms with Gasteiger partial charge in [0.05, 0.1) is 34.2 Å². The van der Waals surface area contributed by atoms with Gasteiger partial charge in [-0.05, 0) is 61.8 Å². The average molecular weight is 468 g/mol. The van der Waals surface area contributed by atoms with Crippen LogP contribution in [0.4, 0.5) is 11.4 Å². The van der Waals surface area contributed by atoms with Gasteiger partial charge in [0.15, 0.2) is 0 Å². The Morgan fingerprint density at radius 3 is 1.29 bits per heavy atom. The molecule has 0 amide bonds. The van der Waals surface area contributed by atoms with Gasteiger partial charge in [-0.25, -0.2) is 9.59 Å². The molecule has 10 heteroatoms. The van der Waals surface area contributed by atoms with Crippen LogP contribution in [-0.2, 0) is 9.47 Å². The third-order valence-corrected chi connectivity index (χ3v) is 7.02. The summed E-state index contributed by atoms with van der Waals surface area (Å²) in [6.45, 7) is 0.382. The highest BCUT2D eigenvalue weighted by molar-refractivity contribution is 5.90. The fraction of sp³-hybridized carbons (Fsp3) is 0.417. The number of non-ortho nitro benzene ring substituents is 2. The molecule has 0 aromatic heterocycles. The zero-order valence-corrected chi connectivity index (χ0v) is 18.3. The van der Waals surface area contributed by atoms with Crippen LogP contribution >= 0.6 is 0 Å². The Balaban J connectivity index is 1.37. The van der Waals surface area contributed by atoms with Gasteiger partial charge in [-0.15, -0.1) is 0 Å². The molecule has 0 saturated heterocycles. The highest BCUT2D eigenvalue weighted by Gasteiger charge is 2.44. The fourth-order valence-corrected chi connectivity index (χ4v) is 5.17. The van der Waals surface area contributed by atoms with Crippen molar-refractivity contribution in [3.05, 3.63) is 79.9 Å². The maximum absolute atomic E-state index is 12.5. The van der Waals surface area contributed by atoms with Crippen molar-refractivity contribution >= 4 is 23.3 Å². The van der Waals surface area contributed by atoms with E-state index < -0.39 is 21.8 Å². The highest BCUT2D eigenvalue weighted by Crippen LogP contribution is 2.49. The third kappa shape index (κ3) is 5.05. The number of nitro benzene ring substituents is 2. The lowest BCUT2D eigenvalue weighted by Gasteiger charge is -2.48. The predicted octanol–water partition coefficient (Wildman–Crippen LogP) is 4.57. The van der Waals surface area contributed by atoms with Crippen molar-refractivity contribution in [2.45, 2.75) is 25.7 Å². The lowest BCUT2D eigenvalue weighted by Crippen LogP contribution is -2.44. The molecule has 34 heavy (non-hydrogen) atoms. The molecule has 2 bridgehead atoms. The van der Waals surface area contributed by atoms with E-state index in [0.717, 1.165) is 25.7 Å². The van der Waals surface area contributed by atoms with Crippen molar-refractivity contribution in [1.82, 2.24) is 0 Å². The van der Waals surface area contributed by atoms with Crippen molar-refractivity contribution in [2.75, 3.05) is 13.2 Å². The van der Waals surface area contributed by atoms with Crippen LogP contribution in [0.5, 0.6) is 0 Å². The van der Waals surface area contributed by atoms with Gasteiger partial charge in [0.25, 0.3) is 11.4 Å². The topological polar surface area (TPSA) is 139 Å². The number of hydrogen-bond donors (Lipinski definition) is 0. The number of nitrogens with zero attached hydrogens (tertiary/aromatic N) is 2. The Kier molecular flexibility index (Phi) is 6.85. The summed E-state index contributed by atoms with van der Waals surface area (Å²) in [7, 11) is 0. The lowest BCUT2D eigenvalue weighted by molar-refractivity contribution is -0.385. The molecule has 0 unspecified atom stereocenters. The van der Waals surface area contributed by atoms with Gasteiger partial charge in [0, 0.05) is 36.1 Å². The Morgan fingerprint density at radius 2 is 1.00 bits per heavy atom. The zero-order valence-electron chi connectivity index (χ0n) is 18.3. The van der Waals surface area contributed by atoms with Crippen LogP contribution in [0.1, 0.15) is 46.4 Å². The Bertz CT molecular complexity index is 988. The number of hydrogen-bond acceptors (Lipinski definition) is 8. The first-order chi connectivity index (χ1) is 16.3. The van der Waals surface area contributed by atoms with Crippen molar-refractivity contribution < 1.29 is 28.9 Å². The number of nitro groups is 2. The number of esters is 2.